The molecule has 48 heavy (non-hydrogen) atoms. The molecule has 0 bridgehead atoms. The fraction of sp³-hybridized carbons (Fsp3) is 0.558. The summed E-state index contributed by atoms with van der Waals surface area (Å²) in [5.41, 5.74) is 0.888. The van der Waals surface area contributed by atoms with Crippen molar-refractivity contribution in [3.05, 3.63) is 93.7 Å². The van der Waals surface area contributed by atoms with Crippen LogP contribution in [0.25, 0.3) is 0 Å². The number of amides is 1. The molecule has 7 atom stereocenters. The first-order valence-corrected chi connectivity index (χ1v) is 20.2. The number of nitrogens with zero attached hydrogens (tertiary/aromatic N) is 1. The van der Waals surface area contributed by atoms with Crippen LogP contribution >= 0.6 is 0 Å². The van der Waals surface area contributed by atoms with Gasteiger partial charge in [-0.1, -0.05) is 0 Å². The Morgan fingerprint density at radius 3 is 2.19 bits per heavy atom. The molecule has 0 saturated heterocycles. The average molecular weight is 758 g/mol. The summed E-state index contributed by atoms with van der Waals surface area (Å²) in [5.74, 6) is 1.05. The van der Waals surface area contributed by atoms with E-state index < -0.39 is 26.9 Å². The molecule has 0 heterocycles. The number of hydrogen-bond donors (Lipinski definition) is 1. The molecule has 3 saturated carbocycles. The van der Waals surface area contributed by atoms with Gasteiger partial charge >= 0.3 is 291 Å². The first-order valence-electron chi connectivity index (χ1n) is 18.0. The van der Waals surface area contributed by atoms with E-state index in [1.165, 1.54) is 9.15 Å². The van der Waals surface area contributed by atoms with E-state index in [1.54, 1.807) is 0 Å². The average Bonchev–Trinajstić information content (AvgIpc) is 3.02. The van der Waals surface area contributed by atoms with Crippen LogP contribution in [-0.2, 0) is 9.59 Å². The van der Waals surface area contributed by atoms with Gasteiger partial charge in [-0.2, -0.15) is 5.26 Å². The number of nitrogens with one attached hydrogen (secondary N) is 1. The van der Waals surface area contributed by atoms with Crippen LogP contribution in [0.2, 0.25) is 0 Å². The Hall–Kier alpha value is -2.72. The van der Waals surface area contributed by atoms with Crippen LogP contribution in [-0.4, -0.2) is 11.7 Å². The maximum absolute atomic E-state index is 14.7. The van der Waals surface area contributed by atoms with E-state index in [0.29, 0.717) is 11.5 Å². The van der Waals surface area contributed by atoms with Crippen molar-refractivity contribution in [1.82, 2.24) is 3.53 Å². The summed E-state index contributed by atoms with van der Waals surface area (Å²) in [5, 5.41) is 10.0. The monoisotopic (exact) mass is 757 g/mol. The molecule has 2 unspecified atom stereocenters. The van der Waals surface area contributed by atoms with Gasteiger partial charge in [0.25, 0.3) is 0 Å². The van der Waals surface area contributed by atoms with Crippen molar-refractivity contribution in [2.75, 3.05) is 0 Å². The third kappa shape index (κ3) is 5.53. The molecular formula is C43H54IN2O2-. The molecule has 5 heteroatoms. The molecule has 0 aromatic rings. The number of ketones is 1. The summed E-state index contributed by atoms with van der Waals surface area (Å²) in [6.07, 6.45) is 35.2. The van der Waals surface area contributed by atoms with Crippen molar-refractivity contribution in [3.63, 3.8) is 0 Å². The quantitative estimate of drug-likeness (QED) is 0.195. The molecule has 6 aliphatic rings. The molecule has 0 aliphatic heterocycles. The summed E-state index contributed by atoms with van der Waals surface area (Å²) in [6, 6.07) is 2.29. The van der Waals surface area contributed by atoms with Crippen molar-refractivity contribution in [3.8, 4) is 6.07 Å². The molecule has 0 aromatic heterocycles. The van der Waals surface area contributed by atoms with E-state index in [2.05, 4.69) is 94.5 Å². The molecule has 0 spiro atoms. The van der Waals surface area contributed by atoms with Crippen LogP contribution in [0, 0.1) is 61.6 Å². The van der Waals surface area contributed by atoms with Crippen molar-refractivity contribution < 1.29 is 31.1 Å². The van der Waals surface area contributed by atoms with E-state index in [-0.39, 0.29) is 50.6 Å². The second-order valence-corrected chi connectivity index (χ2v) is 19.7. The molecular weight excluding hydrogens is 703 g/mol. The Kier molecular flexibility index (Phi) is 9.19. The number of hydrogen-bond acceptors (Lipinski definition) is 3. The van der Waals surface area contributed by atoms with Gasteiger partial charge in [0.1, 0.15) is 0 Å². The number of carbonyl (C=O) groups is 2. The van der Waals surface area contributed by atoms with Gasteiger partial charge in [0, 0.05) is 0 Å². The van der Waals surface area contributed by atoms with Crippen molar-refractivity contribution in [2.45, 2.75) is 99.8 Å². The van der Waals surface area contributed by atoms with Crippen LogP contribution in [0.3, 0.4) is 0 Å². The number of carbonyl (C=O) groups excluding carboxylic acids is 2. The molecule has 6 rings (SSSR count). The number of nitriles is 1. The Bertz CT molecular complexity index is 1660. The molecule has 256 valence electrons. The van der Waals surface area contributed by atoms with Gasteiger partial charge in [0.2, 0.25) is 0 Å². The minimum absolute atomic E-state index is 0.0131. The van der Waals surface area contributed by atoms with Crippen molar-refractivity contribution in [2.24, 2.45) is 50.2 Å². The van der Waals surface area contributed by atoms with Gasteiger partial charge in [-0.05, 0) is 0 Å². The molecule has 6 aliphatic carbocycles. The standard InChI is InChI=1S/C43H54IN2O2/c1-38(2)23-25-43(37(48)46-44-31-17-15-13-11-9-8-10-12-14-16-18-31)26-24-41(6)32(33(43)28-38)19-20-35-40(5)27-30(29-45)36(47)39(3,4)34(40)21-22-42(35,41)7/h8-19,27,33-35H,20-26,28H2,1-7H3,(H,46,48)/q-1/b9-8-,10-8?,11-9?,12-10-,13-11-,14-12?,15-13?,16-14-,17-15-,18-16?,31-17?,31-18+/t33-,34-,35?,40-,41+,42+,43?/m0/s1. The van der Waals surface area contributed by atoms with Gasteiger partial charge in [-0.25, -0.2) is 0 Å². The zero-order valence-corrected chi connectivity index (χ0v) is 32.2. The normalized spacial score (nSPS) is 44.0. The summed E-state index contributed by atoms with van der Waals surface area (Å²) >= 11 is -0.718. The number of rotatable bonds is 3. The molecule has 0 aromatic carbocycles. The molecule has 1 N–H and O–H groups in total. The van der Waals surface area contributed by atoms with Crippen LogP contribution in [0.4, 0.5) is 0 Å². The van der Waals surface area contributed by atoms with Crippen LogP contribution < -0.4 is 25.0 Å². The number of Topliss-reactive ketones (excluding diaryl/α,β-unsaturated/α-hetero) is 1. The molecule has 3 fully saturated rings. The minimum atomic E-state index is -0.718. The Labute approximate surface area is 300 Å². The predicted molar refractivity (Wildman–Crippen MR) is 190 cm³/mol. The number of allylic oxidation sites excluding steroid dienone is 16. The molecule has 0 radical (unpaired) electrons. The zero-order valence-electron chi connectivity index (χ0n) is 30.0. The Morgan fingerprint density at radius 1 is 0.854 bits per heavy atom. The van der Waals surface area contributed by atoms with Gasteiger partial charge in [0.05, 0.1) is 0 Å². The van der Waals surface area contributed by atoms with Crippen molar-refractivity contribution in [1.29, 1.82) is 5.26 Å². The fourth-order valence-corrected chi connectivity index (χ4v) is 13.2. The van der Waals surface area contributed by atoms with E-state index >= 15 is 0 Å². The van der Waals surface area contributed by atoms with Crippen LogP contribution in [0.15, 0.2) is 93.7 Å². The predicted octanol–water partition coefficient (Wildman–Crippen LogP) is 6.83. The first kappa shape index (κ1) is 35.1. The topological polar surface area (TPSA) is 70.0 Å². The maximum atomic E-state index is 14.7. The van der Waals surface area contributed by atoms with E-state index in [9.17, 15) is 14.9 Å². The zero-order chi connectivity index (χ0) is 34.6. The summed E-state index contributed by atoms with van der Waals surface area (Å²) in [6.45, 7) is 16.3. The summed E-state index contributed by atoms with van der Waals surface area (Å²) in [7, 11) is 0. The summed E-state index contributed by atoms with van der Waals surface area (Å²) in [4.78, 5) is 28.1. The van der Waals surface area contributed by atoms with Crippen LogP contribution in [0.1, 0.15) is 99.8 Å². The Morgan fingerprint density at radius 2 is 1.50 bits per heavy atom. The third-order valence-electron chi connectivity index (χ3n) is 14.2. The SMILES string of the molecule is CC1(C)CCC2(C(=O)N[I-]C3=C/C=C\C=C/C=C\C=C/C=C\3)CC[C@]3(C)C(=CCC4[C@@]5(C)C=C(C#N)C(=O)C(C)(C)[C@@H]5CC[C@]43C)[C@@H]2C1. The van der Waals surface area contributed by atoms with Gasteiger partial charge < -0.3 is 0 Å². The molecule has 1 amide bonds. The van der Waals surface area contributed by atoms with E-state index in [1.807, 2.05) is 42.5 Å². The number of fused-ring (bicyclic) bond motifs is 7. The third-order valence-corrected chi connectivity index (χ3v) is 16.3. The molecule has 4 nitrogen and oxygen atoms in total. The Balaban J connectivity index is 1.34. The van der Waals surface area contributed by atoms with E-state index in [4.69, 9.17) is 0 Å². The fourth-order valence-electron chi connectivity index (χ4n) is 11.3. The van der Waals surface area contributed by atoms with Gasteiger partial charge in [-0.15, -0.1) is 0 Å². The first-order chi connectivity index (χ1) is 22.6. The number of halogens is 1. The second kappa shape index (κ2) is 12.6. The summed E-state index contributed by atoms with van der Waals surface area (Å²) < 4.78 is 4.74. The van der Waals surface area contributed by atoms with Crippen molar-refractivity contribution >= 4 is 11.7 Å². The van der Waals surface area contributed by atoms with E-state index in [0.717, 1.165) is 51.4 Å². The van der Waals surface area contributed by atoms with Gasteiger partial charge in [-0.3, -0.25) is 4.79 Å². The van der Waals surface area contributed by atoms with Crippen LogP contribution in [0.5, 0.6) is 0 Å². The second-order valence-electron chi connectivity index (χ2n) is 17.4. The van der Waals surface area contributed by atoms with Gasteiger partial charge in [0.15, 0.2) is 0 Å².